The molecule has 0 amide bonds. The van der Waals surface area contributed by atoms with Crippen LogP contribution in [-0.2, 0) is 21.9 Å². The van der Waals surface area contributed by atoms with E-state index in [9.17, 15) is 26.6 Å². The first-order chi connectivity index (χ1) is 16.9. The number of carbonyl (C=O) groups excluding carboxylic acids is 1. The van der Waals surface area contributed by atoms with Gasteiger partial charge in [-0.25, -0.2) is 22.9 Å². The van der Waals surface area contributed by atoms with Crippen LogP contribution in [0.25, 0.3) is 0 Å². The second-order valence-corrected chi connectivity index (χ2v) is 11.1. The van der Waals surface area contributed by atoms with Crippen molar-refractivity contribution in [3.8, 4) is 5.75 Å². The van der Waals surface area contributed by atoms with E-state index >= 15 is 0 Å². The molecule has 0 saturated carbocycles. The van der Waals surface area contributed by atoms with E-state index in [0.29, 0.717) is 18.7 Å². The standard InChI is InChI=1S/C23H25F4N5O3S/c1-22(14-36(34)30-8-2-3-9-32(36)21(28)31-22)17-10-15(4-6-18(17)24)11-20(33)19-7-5-16(12-29-19)35-13-23(25,26)27/h4-7,10,12H,2-3,8-9,11,13-14H2,1H3,(H2,28,31)/t22-,36+/m0/s1. The molecule has 36 heavy (non-hydrogen) atoms. The minimum atomic E-state index is -4.49. The van der Waals surface area contributed by atoms with Gasteiger partial charge in [0, 0.05) is 18.5 Å². The number of guanidine groups is 1. The molecule has 2 aliphatic heterocycles. The molecule has 0 spiro atoms. The van der Waals surface area contributed by atoms with E-state index in [1.54, 1.807) is 6.92 Å². The lowest BCUT2D eigenvalue weighted by Gasteiger charge is -2.38. The number of rotatable bonds is 6. The van der Waals surface area contributed by atoms with E-state index in [0.717, 1.165) is 19.0 Å². The Morgan fingerprint density at radius 3 is 2.72 bits per heavy atom. The molecule has 2 aliphatic rings. The van der Waals surface area contributed by atoms with Crippen LogP contribution in [0.5, 0.6) is 5.75 Å². The zero-order valence-electron chi connectivity index (χ0n) is 19.4. The monoisotopic (exact) mass is 527 g/mol. The summed E-state index contributed by atoms with van der Waals surface area (Å²) >= 11 is 0. The van der Waals surface area contributed by atoms with Gasteiger partial charge in [-0.2, -0.15) is 13.2 Å². The van der Waals surface area contributed by atoms with Gasteiger partial charge in [-0.05, 0) is 49.6 Å². The predicted molar refractivity (Wildman–Crippen MR) is 125 cm³/mol. The van der Waals surface area contributed by atoms with Gasteiger partial charge in [0.15, 0.2) is 12.4 Å². The van der Waals surface area contributed by atoms with Crippen molar-refractivity contribution in [3.05, 3.63) is 59.2 Å². The number of Topliss-reactive ketones (excluding diaryl/α,β-unsaturated/α-hetero) is 1. The summed E-state index contributed by atoms with van der Waals surface area (Å²) in [6.45, 7) is 1.04. The lowest BCUT2D eigenvalue weighted by Crippen LogP contribution is -2.52. The molecular formula is C23H25F4N5O3S. The van der Waals surface area contributed by atoms with Crippen LogP contribution in [0.15, 0.2) is 45.9 Å². The summed E-state index contributed by atoms with van der Waals surface area (Å²) in [6, 6.07) is 6.62. The van der Waals surface area contributed by atoms with Crippen molar-refractivity contribution in [1.29, 1.82) is 0 Å². The number of pyridine rings is 1. The average Bonchev–Trinajstić information content (AvgIpc) is 3.00. The number of carbonyl (C=O) groups is 1. The molecule has 4 rings (SSSR count). The third kappa shape index (κ3) is 5.61. The molecular weight excluding hydrogens is 502 g/mol. The Kier molecular flexibility index (Phi) is 6.95. The molecule has 3 heterocycles. The number of nitrogens with zero attached hydrogens (tertiary/aromatic N) is 4. The van der Waals surface area contributed by atoms with Crippen molar-refractivity contribution in [2.75, 3.05) is 25.4 Å². The van der Waals surface area contributed by atoms with Gasteiger partial charge in [0.1, 0.15) is 32.7 Å². The fraction of sp³-hybridized carbons (Fsp3) is 0.435. The van der Waals surface area contributed by atoms with E-state index in [1.807, 2.05) is 0 Å². The number of halogens is 4. The van der Waals surface area contributed by atoms with Gasteiger partial charge in [-0.15, -0.1) is 0 Å². The van der Waals surface area contributed by atoms with Gasteiger partial charge in [0.2, 0.25) is 5.96 Å². The normalized spacial score (nSPS) is 24.2. The van der Waals surface area contributed by atoms with E-state index in [1.165, 1.54) is 34.6 Å². The molecule has 1 aromatic carbocycles. The highest BCUT2D eigenvalue weighted by molar-refractivity contribution is 7.92. The predicted octanol–water partition coefficient (Wildman–Crippen LogP) is 3.61. The van der Waals surface area contributed by atoms with Gasteiger partial charge in [0.25, 0.3) is 0 Å². The maximum atomic E-state index is 15.0. The topological polar surface area (TPSA) is 110 Å². The van der Waals surface area contributed by atoms with Crippen molar-refractivity contribution in [3.63, 3.8) is 0 Å². The van der Waals surface area contributed by atoms with Crippen LogP contribution >= 0.6 is 0 Å². The molecule has 8 nitrogen and oxygen atoms in total. The summed E-state index contributed by atoms with van der Waals surface area (Å²) in [6.07, 6.45) is -2.07. The number of hydrogen-bond acceptors (Lipinski definition) is 7. The summed E-state index contributed by atoms with van der Waals surface area (Å²) in [5.41, 5.74) is 5.49. The fourth-order valence-electron chi connectivity index (χ4n) is 4.18. The molecule has 0 bridgehead atoms. The smallest absolute Gasteiger partial charge is 0.422 e. The lowest BCUT2D eigenvalue weighted by atomic mass is 9.91. The summed E-state index contributed by atoms with van der Waals surface area (Å²) < 4.78 is 75.9. The molecule has 0 fully saturated rings. The Bertz CT molecular complexity index is 1310. The first kappa shape index (κ1) is 25.9. The number of hydrogen-bond donors (Lipinski definition) is 1. The van der Waals surface area contributed by atoms with Crippen LogP contribution in [0.2, 0.25) is 0 Å². The summed E-state index contributed by atoms with van der Waals surface area (Å²) in [5.74, 6) is -1.14. The minimum Gasteiger partial charge on any atom is -0.483 e. The van der Waals surface area contributed by atoms with Gasteiger partial charge in [0.05, 0.1) is 18.5 Å². The van der Waals surface area contributed by atoms with Crippen LogP contribution in [0.4, 0.5) is 17.6 Å². The molecule has 2 N–H and O–H groups in total. The molecule has 2 atom stereocenters. The molecule has 2 aromatic rings. The van der Waals surface area contributed by atoms with Gasteiger partial charge >= 0.3 is 6.18 Å². The largest absolute Gasteiger partial charge is 0.483 e. The molecule has 13 heteroatoms. The maximum Gasteiger partial charge on any atom is 0.422 e. The molecule has 0 radical (unpaired) electrons. The number of fused-ring (bicyclic) bond motifs is 1. The Hall–Kier alpha value is -3.22. The van der Waals surface area contributed by atoms with Gasteiger partial charge in [-0.3, -0.25) is 9.10 Å². The summed E-state index contributed by atoms with van der Waals surface area (Å²) in [7, 11) is -2.91. The second-order valence-electron chi connectivity index (χ2n) is 8.85. The van der Waals surface area contributed by atoms with Crippen molar-refractivity contribution >= 4 is 21.7 Å². The number of nitrogens with two attached hydrogens (primary N) is 1. The van der Waals surface area contributed by atoms with Crippen LogP contribution in [-0.4, -0.2) is 56.9 Å². The zero-order valence-corrected chi connectivity index (χ0v) is 20.2. The number of aromatic nitrogens is 1. The highest BCUT2D eigenvalue weighted by Crippen LogP contribution is 2.36. The van der Waals surface area contributed by atoms with Crippen molar-refractivity contribution in [2.24, 2.45) is 15.1 Å². The lowest BCUT2D eigenvalue weighted by molar-refractivity contribution is -0.153. The zero-order chi connectivity index (χ0) is 26.1. The van der Waals surface area contributed by atoms with E-state index in [2.05, 4.69) is 19.1 Å². The maximum absolute atomic E-state index is 15.0. The van der Waals surface area contributed by atoms with Gasteiger partial charge in [-0.1, -0.05) is 6.07 Å². The number of alkyl halides is 3. The first-order valence-corrected chi connectivity index (χ1v) is 12.8. The Morgan fingerprint density at radius 1 is 1.25 bits per heavy atom. The second kappa shape index (κ2) is 9.68. The van der Waals surface area contributed by atoms with Crippen molar-refractivity contribution in [1.82, 2.24) is 9.29 Å². The number of ether oxygens (including phenoxy) is 1. The highest BCUT2D eigenvalue weighted by Gasteiger charge is 2.42. The summed E-state index contributed by atoms with van der Waals surface area (Å²) in [4.78, 5) is 21.1. The SMILES string of the molecule is C[C@@]1(c2cc(CC(=O)c3ccc(OCC(F)(F)F)cn3)ccc2F)C[S@@]2(=O)=NCCCCN2C(N)=N1. The molecule has 194 valence electrons. The minimum absolute atomic E-state index is 0.0160. The van der Waals surface area contributed by atoms with Crippen LogP contribution < -0.4 is 10.5 Å². The average molecular weight is 528 g/mol. The highest BCUT2D eigenvalue weighted by atomic mass is 32.2. The quantitative estimate of drug-likeness (QED) is 0.456. The Labute approximate surface area is 205 Å². The third-order valence-corrected chi connectivity index (χ3v) is 8.48. The molecule has 1 aromatic heterocycles. The van der Waals surface area contributed by atoms with E-state index in [-0.39, 0.29) is 35.1 Å². The van der Waals surface area contributed by atoms with E-state index in [4.69, 9.17) is 5.73 Å². The fourth-order valence-corrected chi connectivity index (χ4v) is 6.68. The number of aliphatic imine (C=N–C) groups is 1. The van der Waals surface area contributed by atoms with Crippen molar-refractivity contribution in [2.45, 2.75) is 37.9 Å². The summed E-state index contributed by atoms with van der Waals surface area (Å²) in [5, 5.41) is 0. The molecule has 0 saturated heterocycles. The first-order valence-electron chi connectivity index (χ1n) is 11.2. The number of benzene rings is 1. The Morgan fingerprint density at radius 2 is 2.03 bits per heavy atom. The number of ketones is 1. The van der Waals surface area contributed by atoms with Crippen LogP contribution in [0, 0.1) is 5.82 Å². The van der Waals surface area contributed by atoms with Crippen LogP contribution in [0.3, 0.4) is 0 Å². The molecule has 0 unspecified atom stereocenters. The van der Waals surface area contributed by atoms with Crippen LogP contribution in [0.1, 0.15) is 41.4 Å². The van der Waals surface area contributed by atoms with Crippen molar-refractivity contribution < 1.29 is 31.3 Å². The Balaban J connectivity index is 1.56. The van der Waals surface area contributed by atoms with Gasteiger partial charge < -0.3 is 10.5 Å². The third-order valence-electron chi connectivity index (χ3n) is 5.89. The molecule has 0 aliphatic carbocycles. The van der Waals surface area contributed by atoms with E-state index < -0.39 is 39.8 Å².